The molecule has 3 heterocycles. The highest BCUT2D eigenvalue weighted by atomic mass is 32.2. The van der Waals surface area contributed by atoms with E-state index in [1.165, 1.54) is 48.8 Å². The van der Waals surface area contributed by atoms with Gasteiger partial charge in [-0.1, -0.05) is 18.6 Å². The summed E-state index contributed by atoms with van der Waals surface area (Å²) in [5.41, 5.74) is 2.34. The van der Waals surface area contributed by atoms with Crippen LogP contribution in [-0.2, 0) is 7.05 Å². The van der Waals surface area contributed by atoms with Crippen molar-refractivity contribution in [2.24, 2.45) is 12.0 Å². The van der Waals surface area contributed by atoms with E-state index in [0.717, 1.165) is 37.9 Å². The average Bonchev–Trinajstić information content (AvgIpc) is 3.31. The lowest BCUT2D eigenvalue weighted by Gasteiger charge is -2.44. The number of hydrogen-bond acceptors (Lipinski definition) is 6. The molecule has 1 aliphatic carbocycles. The third-order valence-corrected chi connectivity index (χ3v) is 7.20. The quantitative estimate of drug-likeness (QED) is 0.743. The fraction of sp³-hybridized carbons (Fsp3) is 0.524. The molecule has 1 aromatic carbocycles. The summed E-state index contributed by atoms with van der Waals surface area (Å²) in [6.07, 6.45) is 6.06. The summed E-state index contributed by atoms with van der Waals surface area (Å²) in [6.45, 7) is 6.46. The fourth-order valence-corrected chi connectivity index (χ4v) is 5.21. The van der Waals surface area contributed by atoms with E-state index in [-0.39, 0.29) is 0 Å². The Labute approximate surface area is 171 Å². The van der Waals surface area contributed by atoms with E-state index in [4.69, 9.17) is 4.99 Å². The van der Waals surface area contributed by atoms with Gasteiger partial charge >= 0.3 is 0 Å². The van der Waals surface area contributed by atoms with Crippen molar-refractivity contribution in [2.75, 3.05) is 39.3 Å². The van der Waals surface area contributed by atoms with Gasteiger partial charge in [-0.3, -0.25) is 18.9 Å². The van der Waals surface area contributed by atoms with E-state index < -0.39 is 0 Å². The van der Waals surface area contributed by atoms with Gasteiger partial charge in [-0.15, -0.1) is 0 Å². The van der Waals surface area contributed by atoms with Crippen molar-refractivity contribution in [2.45, 2.75) is 30.2 Å². The highest BCUT2D eigenvalue weighted by Gasteiger charge is 2.31. The monoisotopic (exact) mass is 396 g/mol. The van der Waals surface area contributed by atoms with Gasteiger partial charge in [0.1, 0.15) is 0 Å². The summed E-state index contributed by atoms with van der Waals surface area (Å²) < 4.78 is 4.29. The minimum Gasteiger partial charge on any atom is -0.340 e. The van der Waals surface area contributed by atoms with Crippen LogP contribution >= 0.6 is 11.9 Å². The summed E-state index contributed by atoms with van der Waals surface area (Å²) in [4.78, 5) is 11.3. The van der Waals surface area contributed by atoms with Crippen molar-refractivity contribution in [3.63, 3.8) is 0 Å². The van der Waals surface area contributed by atoms with E-state index in [2.05, 4.69) is 49.5 Å². The zero-order valence-corrected chi connectivity index (χ0v) is 17.3. The second kappa shape index (κ2) is 7.79. The van der Waals surface area contributed by atoms with Crippen LogP contribution in [0.25, 0.3) is 11.3 Å². The molecule has 0 N–H and O–H groups in total. The summed E-state index contributed by atoms with van der Waals surface area (Å²) in [5, 5.41) is 4.26. The molecule has 2 aromatic rings. The van der Waals surface area contributed by atoms with E-state index in [9.17, 15) is 0 Å². The normalized spacial score (nSPS) is 21.1. The van der Waals surface area contributed by atoms with E-state index in [0.29, 0.717) is 0 Å². The third kappa shape index (κ3) is 3.53. The van der Waals surface area contributed by atoms with Gasteiger partial charge in [0.2, 0.25) is 5.96 Å². The van der Waals surface area contributed by atoms with Gasteiger partial charge in [-0.25, -0.2) is 0 Å². The predicted octanol–water partition coefficient (Wildman–Crippen LogP) is 2.94. The van der Waals surface area contributed by atoms with Crippen molar-refractivity contribution in [3.05, 3.63) is 36.5 Å². The zero-order valence-electron chi connectivity index (χ0n) is 16.5. The number of rotatable bonds is 4. The molecule has 0 atom stereocenters. The summed E-state index contributed by atoms with van der Waals surface area (Å²) in [7, 11) is 1.98. The molecule has 6 nitrogen and oxygen atoms in total. The van der Waals surface area contributed by atoms with Crippen LogP contribution in [-0.4, -0.2) is 75.2 Å². The number of piperazine rings is 1. The smallest absolute Gasteiger partial charge is 0.207 e. The van der Waals surface area contributed by atoms with E-state index in [1.54, 1.807) is 0 Å². The Kier molecular flexibility index (Phi) is 5.03. The minimum absolute atomic E-state index is 0.857. The molecule has 0 amide bonds. The van der Waals surface area contributed by atoms with Gasteiger partial charge in [-0.05, 0) is 48.6 Å². The number of aliphatic imine (C=N–C) groups is 1. The molecule has 3 aliphatic rings. The molecular weight excluding hydrogens is 368 g/mol. The number of guanidine groups is 1. The van der Waals surface area contributed by atoms with Crippen LogP contribution in [0.15, 0.2) is 46.4 Å². The molecule has 28 heavy (non-hydrogen) atoms. The first-order valence-electron chi connectivity index (χ1n) is 10.4. The molecule has 0 spiro atoms. The first kappa shape index (κ1) is 18.1. The van der Waals surface area contributed by atoms with E-state index in [1.807, 2.05) is 29.9 Å². The highest BCUT2D eigenvalue weighted by molar-refractivity contribution is 7.97. The maximum absolute atomic E-state index is 4.83. The molecule has 5 rings (SSSR count). The van der Waals surface area contributed by atoms with Crippen LogP contribution < -0.4 is 0 Å². The second-order valence-electron chi connectivity index (χ2n) is 7.85. The van der Waals surface area contributed by atoms with Gasteiger partial charge in [0.05, 0.1) is 18.8 Å². The average molecular weight is 397 g/mol. The Morgan fingerprint density at radius 2 is 1.75 bits per heavy atom. The maximum Gasteiger partial charge on any atom is 0.207 e. The molecule has 1 saturated heterocycles. The molecule has 0 radical (unpaired) electrons. The number of aryl methyl sites for hydroxylation is 1. The van der Waals surface area contributed by atoms with Crippen molar-refractivity contribution in [1.82, 2.24) is 23.9 Å². The largest absolute Gasteiger partial charge is 0.340 e. The van der Waals surface area contributed by atoms with Crippen molar-refractivity contribution in [3.8, 4) is 11.3 Å². The number of nitrogens with zero attached hydrogens (tertiary/aromatic N) is 6. The van der Waals surface area contributed by atoms with Gasteiger partial charge in [0.15, 0.2) is 0 Å². The molecule has 0 unspecified atom stereocenters. The standard InChI is InChI=1S/C21H28N6S/c1-24-20(9-10-23-24)17-5-7-19(8-6-17)28-27-12-11-22-21(27)26-15-13-25(14-16-26)18-3-2-4-18/h5-10,18H,2-4,11-16H2,1H3. The number of benzene rings is 1. The molecule has 0 bridgehead atoms. The molecule has 148 valence electrons. The predicted molar refractivity (Wildman–Crippen MR) is 114 cm³/mol. The van der Waals surface area contributed by atoms with Crippen LogP contribution in [0, 0.1) is 0 Å². The fourth-order valence-electron chi connectivity index (χ4n) is 4.27. The highest BCUT2D eigenvalue weighted by Crippen LogP contribution is 2.30. The summed E-state index contributed by atoms with van der Waals surface area (Å²) >= 11 is 1.81. The third-order valence-electron chi connectivity index (χ3n) is 6.15. The van der Waals surface area contributed by atoms with Crippen LogP contribution in [0.5, 0.6) is 0 Å². The lowest BCUT2D eigenvalue weighted by molar-refractivity contribution is 0.0835. The minimum atomic E-state index is 0.857. The van der Waals surface area contributed by atoms with Gasteiger partial charge < -0.3 is 4.90 Å². The van der Waals surface area contributed by atoms with Crippen LogP contribution in [0.1, 0.15) is 19.3 Å². The molecular formula is C21H28N6S. The topological polar surface area (TPSA) is 39.9 Å². The number of aromatic nitrogens is 2. The lowest BCUT2D eigenvalue weighted by Crippen LogP contribution is -2.55. The Balaban J connectivity index is 1.21. The van der Waals surface area contributed by atoms with Crippen molar-refractivity contribution in [1.29, 1.82) is 0 Å². The lowest BCUT2D eigenvalue weighted by atomic mass is 9.91. The van der Waals surface area contributed by atoms with Crippen molar-refractivity contribution >= 4 is 17.9 Å². The molecule has 2 aliphatic heterocycles. The first-order valence-corrected chi connectivity index (χ1v) is 11.1. The van der Waals surface area contributed by atoms with Crippen LogP contribution in [0.2, 0.25) is 0 Å². The van der Waals surface area contributed by atoms with Gasteiger partial charge in [0.25, 0.3) is 0 Å². The zero-order chi connectivity index (χ0) is 18.9. The van der Waals surface area contributed by atoms with Gasteiger partial charge in [0, 0.05) is 50.4 Å². The number of hydrogen-bond donors (Lipinski definition) is 0. The molecule has 1 saturated carbocycles. The molecule has 7 heteroatoms. The summed E-state index contributed by atoms with van der Waals surface area (Å²) in [6, 6.07) is 11.7. The van der Waals surface area contributed by atoms with Crippen LogP contribution in [0.3, 0.4) is 0 Å². The van der Waals surface area contributed by atoms with Gasteiger partial charge in [-0.2, -0.15) is 5.10 Å². The first-order chi connectivity index (χ1) is 13.8. The summed E-state index contributed by atoms with van der Waals surface area (Å²) in [5.74, 6) is 1.17. The van der Waals surface area contributed by atoms with E-state index >= 15 is 0 Å². The Hall–Kier alpha value is -1.99. The Morgan fingerprint density at radius 3 is 2.39 bits per heavy atom. The molecule has 1 aromatic heterocycles. The SMILES string of the molecule is Cn1nccc1-c1ccc(SN2CCN=C2N2CCN(C3CCC3)CC2)cc1. The van der Waals surface area contributed by atoms with Crippen LogP contribution in [0.4, 0.5) is 0 Å². The Morgan fingerprint density at radius 1 is 0.964 bits per heavy atom. The Bertz CT molecular complexity index is 833. The molecule has 2 fully saturated rings. The second-order valence-corrected chi connectivity index (χ2v) is 8.94. The van der Waals surface area contributed by atoms with Crippen molar-refractivity contribution < 1.29 is 0 Å². The maximum atomic E-state index is 4.83.